The van der Waals surface area contributed by atoms with Crippen molar-refractivity contribution in [2.24, 2.45) is 5.92 Å². The van der Waals surface area contributed by atoms with Crippen molar-refractivity contribution in [2.75, 3.05) is 11.4 Å². The Kier molecular flexibility index (Phi) is 4.54. The van der Waals surface area contributed by atoms with E-state index < -0.39 is 17.8 Å². The molecule has 0 fully saturated rings. The molecule has 110 valence electrons. The van der Waals surface area contributed by atoms with Crippen molar-refractivity contribution in [1.82, 2.24) is 15.2 Å². The third-order valence-corrected chi connectivity index (χ3v) is 3.09. The molecule has 1 amide bonds. The maximum Gasteiger partial charge on any atom is 0.308 e. The van der Waals surface area contributed by atoms with E-state index in [-0.39, 0.29) is 12.5 Å². The monoisotopic (exact) mass is 308 g/mol. The number of nitrogens with one attached hydrogen (secondary N) is 1. The van der Waals surface area contributed by atoms with Gasteiger partial charge in [-0.25, -0.2) is 5.10 Å². The fourth-order valence-corrected chi connectivity index (χ4v) is 1.91. The molecule has 21 heavy (non-hydrogen) atoms. The second-order valence-electron chi connectivity index (χ2n) is 4.47. The van der Waals surface area contributed by atoms with Crippen LogP contribution in [0.15, 0.2) is 30.6 Å². The number of aliphatic carboxylic acids is 1. The zero-order valence-corrected chi connectivity index (χ0v) is 11.9. The van der Waals surface area contributed by atoms with Gasteiger partial charge in [-0.2, -0.15) is 10.1 Å². The van der Waals surface area contributed by atoms with Crippen LogP contribution in [-0.2, 0) is 4.79 Å². The number of aromatic amines is 1. The van der Waals surface area contributed by atoms with Crippen molar-refractivity contribution in [2.45, 2.75) is 6.92 Å². The summed E-state index contributed by atoms with van der Waals surface area (Å²) in [5, 5.41) is 15.7. The minimum Gasteiger partial charge on any atom is -0.481 e. The van der Waals surface area contributed by atoms with Gasteiger partial charge in [0.15, 0.2) is 0 Å². The lowest BCUT2D eigenvalue weighted by molar-refractivity contribution is -0.140. The maximum atomic E-state index is 12.5. The van der Waals surface area contributed by atoms with Crippen molar-refractivity contribution >= 4 is 29.4 Å². The molecule has 0 aliphatic heterocycles. The SMILES string of the molecule is CC(CN(C(=O)c1cccc(Cl)c1)c1ncn[nH]1)C(=O)O. The Bertz CT molecular complexity index is 645. The summed E-state index contributed by atoms with van der Waals surface area (Å²) in [5.74, 6) is -1.97. The van der Waals surface area contributed by atoms with E-state index in [9.17, 15) is 9.59 Å². The average molecular weight is 309 g/mol. The quantitative estimate of drug-likeness (QED) is 0.877. The van der Waals surface area contributed by atoms with Crippen molar-refractivity contribution in [3.05, 3.63) is 41.2 Å². The summed E-state index contributed by atoms with van der Waals surface area (Å²) in [6, 6.07) is 6.41. The number of amides is 1. The summed E-state index contributed by atoms with van der Waals surface area (Å²) in [7, 11) is 0. The van der Waals surface area contributed by atoms with Crippen molar-refractivity contribution < 1.29 is 14.7 Å². The van der Waals surface area contributed by atoms with E-state index in [1.807, 2.05) is 0 Å². The number of rotatable bonds is 5. The summed E-state index contributed by atoms with van der Waals surface area (Å²) in [6.07, 6.45) is 1.25. The van der Waals surface area contributed by atoms with Gasteiger partial charge in [0.25, 0.3) is 5.91 Å². The number of carboxylic acid groups (broad SMARTS) is 1. The highest BCUT2D eigenvalue weighted by Crippen LogP contribution is 2.17. The maximum absolute atomic E-state index is 12.5. The minimum absolute atomic E-state index is 0.0319. The second-order valence-corrected chi connectivity index (χ2v) is 4.91. The van der Waals surface area contributed by atoms with Crippen LogP contribution in [0.1, 0.15) is 17.3 Å². The lowest BCUT2D eigenvalue weighted by atomic mass is 10.1. The molecule has 0 spiro atoms. The zero-order valence-electron chi connectivity index (χ0n) is 11.2. The average Bonchev–Trinajstić information content (AvgIpc) is 2.97. The Morgan fingerprint density at radius 3 is 2.81 bits per heavy atom. The number of aromatic nitrogens is 3. The third-order valence-electron chi connectivity index (χ3n) is 2.85. The molecule has 0 aliphatic carbocycles. The van der Waals surface area contributed by atoms with Gasteiger partial charge in [-0.05, 0) is 18.2 Å². The van der Waals surface area contributed by atoms with Gasteiger partial charge in [0.1, 0.15) is 6.33 Å². The molecule has 0 radical (unpaired) electrons. The van der Waals surface area contributed by atoms with E-state index >= 15 is 0 Å². The van der Waals surface area contributed by atoms with Crippen LogP contribution in [0.25, 0.3) is 0 Å². The summed E-state index contributed by atoms with van der Waals surface area (Å²) >= 11 is 5.87. The van der Waals surface area contributed by atoms with Crippen LogP contribution in [0.2, 0.25) is 5.02 Å². The molecule has 2 aromatic rings. The fraction of sp³-hybridized carbons (Fsp3) is 0.231. The largest absolute Gasteiger partial charge is 0.481 e. The Balaban J connectivity index is 2.31. The zero-order chi connectivity index (χ0) is 15.4. The Morgan fingerprint density at radius 1 is 1.48 bits per heavy atom. The molecule has 7 nitrogen and oxygen atoms in total. The fourth-order valence-electron chi connectivity index (χ4n) is 1.72. The third kappa shape index (κ3) is 3.57. The van der Waals surface area contributed by atoms with E-state index in [1.54, 1.807) is 18.2 Å². The highest BCUT2D eigenvalue weighted by molar-refractivity contribution is 6.31. The standard InChI is InChI=1S/C13H13ClN4O3/c1-8(12(20)21)6-18(13-15-7-16-17-13)11(19)9-3-2-4-10(14)5-9/h2-5,7-8H,6H2,1H3,(H,20,21)(H,15,16,17). The number of anilines is 1. The van der Waals surface area contributed by atoms with Gasteiger partial charge < -0.3 is 5.11 Å². The van der Waals surface area contributed by atoms with E-state index in [1.165, 1.54) is 24.2 Å². The van der Waals surface area contributed by atoms with Crippen molar-refractivity contribution in [3.8, 4) is 0 Å². The second kappa shape index (κ2) is 6.36. The molecule has 1 atom stereocenters. The topological polar surface area (TPSA) is 99.2 Å². The van der Waals surface area contributed by atoms with Crippen LogP contribution in [-0.4, -0.2) is 38.7 Å². The number of carboxylic acids is 1. The smallest absolute Gasteiger partial charge is 0.308 e. The molecule has 0 saturated carbocycles. The number of carbonyl (C=O) groups is 2. The summed E-state index contributed by atoms with van der Waals surface area (Å²) in [5.41, 5.74) is 0.344. The Labute approximate surface area is 125 Å². The number of hydrogen-bond acceptors (Lipinski definition) is 4. The molecule has 2 rings (SSSR count). The predicted octanol–water partition coefficient (Wildman–Crippen LogP) is 1.83. The normalized spacial score (nSPS) is 11.9. The van der Waals surface area contributed by atoms with Crippen LogP contribution in [0.3, 0.4) is 0 Å². The minimum atomic E-state index is -1.00. The number of H-pyrrole nitrogens is 1. The van der Waals surface area contributed by atoms with Crippen molar-refractivity contribution in [1.29, 1.82) is 0 Å². The molecular weight excluding hydrogens is 296 g/mol. The summed E-state index contributed by atoms with van der Waals surface area (Å²) < 4.78 is 0. The van der Waals surface area contributed by atoms with Gasteiger partial charge in [0.05, 0.1) is 5.92 Å². The van der Waals surface area contributed by atoms with Gasteiger partial charge >= 0.3 is 5.97 Å². The highest BCUT2D eigenvalue weighted by Gasteiger charge is 2.25. The lowest BCUT2D eigenvalue weighted by Crippen LogP contribution is -2.37. The number of benzene rings is 1. The van der Waals surface area contributed by atoms with Crippen LogP contribution in [0.5, 0.6) is 0 Å². The van der Waals surface area contributed by atoms with E-state index in [0.29, 0.717) is 10.6 Å². The Hall–Kier alpha value is -2.41. The van der Waals surface area contributed by atoms with Gasteiger partial charge in [0, 0.05) is 17.1 Å². The predicted molar refractivity (Wildman–Crippen MR) is 76.3 cm³/mol. The molecule has 0 aliphatic rings. The first kappa shape index (κ1) is 15.0. The van der Waals surface area contributed by atoms with Crippen LogP contribution in [0, 0.1) is 5.92 Å². The molecule has 0 saturated heterocycles. The molecule has 0 bridgehead atoms. The first-order valence-electron chi connectivity index (χ1n) is 6.14. The molecule has 8 heteroatoms. The summed E-state index contributed by atoms with van der Waals surface area (Å²) in [6.45, 7) is 1.48. The van der Waals surface area contributed by atoms with Crippen molar-refractivity contribution in [3.63, 3.8) is 0 Å². The van der Waals surface area contributed by atoms with E-state index in [4.69, 9.17) is 16.7 Å². The van der Waals surface area contributed by atoms with E-state index in [0.717, 1.165) is 0 Å². The van der Waals surface area contributed by atoms with Gasteiger partial charge in [0.2, 0.25) is 5.95 Å². The van der Waals surface area contributed by atoms with Crippen LogP contribution in [0.4, 0.5) is 5.95 Å². The number of nitrogens with zero attached hydrogens (tertiary/aromatic N) is 3. The number of halogens is 1. The van der Waals surface area contributed by atoms with Crippen LogP contribution >= 0.6 is 11.6 Å². The molecule has 2 N–H and O–H groups in total. The first-order valence-corrected chi connectivity index (χ1v) is 6.52. The molecular formula is C13H13ClN4O3. The summed E-state index contributed by atoms with van der Waals surface area (Å²) in [4.78, 5) is 28.7. The van der Waals surface area contributed by atoms with E-state index in [2.05, 4.69) is 15.2 Å². The number of carbonyl (C=O) groups excluding carboxylic acids is 1. The van der Waals surface area contributed by atoms with Gasteiger partial charge in [-0.3, -0.25) is 14.5 Å². The molecule has 1 heterocycles. The molecule has 1 aromatic carbocycles. The lowest BCUT2D eigenvalue weighted by Gasteiger charge is -2.21. The highest BCUT2D eigenvalue weighted by atomic mass is 35.5. The van der Waals surface area contributed by atoms with Crippen LogP contribution < -0.4 is 4.90 Å². The number of hydrogen-bond donors (Lipinski definition) is 2. The molecule has 1 unspecified atom stereocenters. The molecule has 1 aromatic heterocycles. The van der Waals surface area contributed by atoms with Gasteiger partial charge in [-0.15, -0.1) is 0 Å². The van der Waals surface area contributed by atoms with Gasteiger partial charge in [-0.1, -0.05) is 24.6 Å². The first-order chi connectivity index (χ1) is 9.99. The Morgan fingerprint density at radius 2 is 2.24 bits per heavy atom.